The van der Waals surface area contributed by atoms with Gasteiger partial charge in [-0.05, 0) is 114 Å². The molecule has 4 amide bonds. The summed E-state index contributed by atoms with van der Waals surface area (Å²) < 4.78 is 138. The number of carboxylic acid groups (broad SMARTS) is 1. The fourth-order valence-corrected chi connectivity index (χ4v) is 17.8. The first-order valence-electron chi connectivity index (χ1n) is 44.6. The van der Waals surface area contributed by atoms with Crippen LogP contribution in [0.2, 0.25) is 0 Å². The minimum absolute atomic E-state index is 0.0918. The Balaban J connectivity index is 0.000000126. The van der Waals surface area contributed by atoms with Crippen LogP contribution in [0.1, 0.15) is 147 Å². The van der Waals surface area contributed by atoms with E-state index in [4.69, 9.17) is 22.9 Å². The molecule has 5 aliphatic rings. The molecule has 0 saturated carbocycles. The molecule has 10 atom stereocenters. The number of carbonyl (C=O) groups excluding carboxylic acids is 4. The lowest BCUT2D eigenvalue weighted by atomic mass is 9.86. The minimum Gasteiger partial charge on any atom is -0.481 e. The number of anilines is 5. The number of fused-ring (bicyclic) bond motifs is 5. The topological polar surface area (TPSA) is 506 Å². The van der Waals surface area contributed by atoms with Gasteiger partial charge >= 0.3 is 5.97 Å². The number of primary amides is 4. The van der Waals surface area contributed by atoms with E-state index in [9.17, 15) is 73.0 Å². The second kappa shape index (κ2) is 42.0. The lowest BCUT2D eigenvalue weighted by molar-refractivity contribution is -0.143. The fourth-order valence-electron chi connectivity index (χ4n) is 17.8. The van der Waals surface area contributed by atoms with Gasteiger partial charge in [-0.25, -0.2) is 144 Å². The molecule has 5 saturated heterocycles. The normalized spacial score (nSPS) is 20.1. The van der Waals surface area contributed by atoms with Gasteiger partial charge in [0.25, 0.3) is 32.1 Å². The van der Waals surface area contributed by atoms with Crippen molar-refractivity contribution >= 4 is 86.9 Å². The average molecular weight is 1940 g/mol. The lowest BCUT2D eigenvalue weighted by Gasteiger charge is -2.38. The van der Waals surface area contributed by atoms with Crippen LogP contribution in [0.3, 0.4) is 0 Å². The maximum absolute atomic E-state index is 13.0. The van der Waals surface area contributed by atoms with Gasteiger partial charge in [0.05, 0.1) is 91.6 Å². The maximum atomic E-state index is 13.0. The van der Waals surface area contributed by atoms with Crippen LogP contribution in [0.4, 0.5) is 73.0 Å². The van der Waals surface area contributed by atoms with Crippen molar-refractivity contribution in [3.63, 3.8) is 0 Å². The van der Waals surface area contributed by atoms with Gasteiger partial charge < -0.3 is 52.5 Å². The number of nitrogens with two attached hydrogens (primary N) is 4. The zero-order valence-corrected chi connectivity index (χ0v) is 75.7. The Kier molecular flexibility index (Phi) is 29.2. The smallest absolute Gasteiger partial charge is 0.308 e. The summed E-state index contributed by atoms with van der Waals surface area (Å²) in [5.74, 6) is 1.92. The first-order chi connectivity index (χ1) is 67.2. The summed E-state index contributed by atoms with van der Waals surface area (Å²) in [6, 6.07) is 8.64. The van der Waals surface area contributed by atoms with Gasteiger partial charge in [-0.3, -0.25) is 46.0 Å². The Hall–Kier alpha value is -15.9. The number of hydrogen-bond acceptors (Lipinski definition) is 30. The van der Waals surface area contributed by atoms with E-state index >= 15 is 0 Å². The van der Waals surface area contributed by atoms with Crippen molar-refractivity contribution < 1.29 is 73.0 Å². The number of carboxylic acids is 1. The molecule has 0 spiro atoms. The van der Waals surface area contributed by atoms with Crippen molar-refractivity contribution in [1.82, 2.24) is 122 Å². The van der Waals surface area contributed by atoms with Crippen LogP contribution in [0.25, 0.3) is 85.8 Å². The molecule has 140 heavy (non-hydrogen) atoms. The third kappa shape index (κ3) is 21.3. The van der Waals surface area contributed by atoms with E-state index in [1.165, 1.54) is 115 Å². The van der Waals surface area contributed by atoms with Gasteiger partial charge in [0.1, 0.15) is 86.0 Å². The second-order valence-corrected chi connectivity index (χ2v) is 34.5. The van der Waals surface area contributed by atoms with E-state index in [1.807, 2.05) is 45.3 Å². The number of imidazole rings is 5. The zero-order chi connectivity index (χ0) is 99.2. The third-order valence-corrected chi connectivity index (χ3v) is 25.4. The molecule has 40 nitrogen and oxygen atoms in total. The summed E-state index contributed by atoms with van der Waals surface area (Å²) in [6.07, 6.45) is 20.9. The first kappa shape index (κ1) is 97.2. The predicted octanol–water partition coefficient (Wildman–Crippen LogP) is 11.4. The molecule has 0 radical (unpaired) electrons. The molecular formula is C90H94F10N34O6. The number of amides is 4. The highest BCUT2D eigenvalue weighted by Gasteiger charge is 2.38. The van der Waals surface area contributed by atoms with E-state index in [-0.39, 0.29) is 99.8 Å². The summed E-state index contributed by atoms with van der Waals surface area (Å²) in [7, 11) is 0. The zero-order valence-electron chi connectivity index (χ0n) is 75.7. The molecule has 730 valence electrons. The van der Waals surface area contributed by atoms with Gasteiger partial charge in [0.15, 0.2) is 57.4 Å². The summed E-state index contributed by atoms with van der Waals surface area (Å²) in [5, 5.41) is 9.43. The maximum Gasteiger partial charge on any atom is 0.308 e. The highest BCUT2D eigenvalue weighted by Crippen LogP contribution is 2.37. The van der Waals surface area contributed by atoms with Crippen molar-refractivity contribution in [1.29, 1.82) is 0 Å². The molecule has 20 heterocycles. The Morgan fingerprint density at radius 3 is 0.986 bits per heavy atom. The van der Waals surface area contributed by atoms with E-state index < -0.39 is 44.0 Å². The highest BCUT2D eigenvalue weighted by atomic mass is 19.3. The molecule has 0 aromatic carbocycles. The number of rotatable bonds is 20. The fraction of sp³-hybridized carbons (Fsp3) is 0.389. The Morgan fingerprint density at radius 2 is 0.650 bits per heavy atom. The van der Waals surface area contributed by atoms with Gasteiger partial charge in [0, 0.05) is 126 Å². The molecule has 10 unspecified atom stereocenters. The molecule has 50 heteroatoms. The molecule has 0 aliphatic carbocycles. The average Bonchev–Trinajstić information content (AvgIpc) is 1.53. The number of aromatic nitrogens is 25. The highest BCUT2D eigenvalue weighted by molar-refractivity contribution is 5.80. The Bertz CT molecular complexity index is 6660. The van der Waals surface area contributed by atoms with E-state index in [1.54, 1.807) is 61.3 Å². The summed E-state index contributed by atoms with van der Waals surface area (Å²) >= 11 is 0. The Labute approximate surface area is 789 Å². The number of hydrogen-bond donors (Lipinski definition) is 5. The molecular weight excluding hydrogens is 1840 g/mol. The molecule has 0 bridgehead atoms. The molecule has 20 rings (SSSR count). The van der Waals surface area contributed by atoms with Crippen LogP contribution >= 0.6 is 0 Å². The van der Waals surface area contributed by atoms with Crippen molar-refractivity contribution in [3.8, 4) is 57.6 Å². The third-order valence-electron chi connectivity index (χ3n) is 25.4. The van der Waals surface area contributed by atoms with Crippen molar-refractivity contribution in [2.45, 2.75) is 136 Å². The van der Waals surface area contributed by atoms with Crippen LogP contribution in [-0.4, -0.2) is 220 Å². The number of piperidine rings is 5. The van der Waals surface area contributed by atoms with Crippen molar-refractivity contribution in [2.75, 3.05) is 70.3 Å². The molecule has 9 N–H and O–H groups in total. The van der Waals surface area contributed by atoms with E-state index in [2.05, 4.69) is 114 Å². The quantitative estimate of drug-likeness (QED) is 0.0442. The summed E-state index contributed by atoms with van der Waals surface area (Å²) in [6.45, 7) is 14.3. The SMILES string of the molecule is CC1C(C(=O)O)CCCN1c1ccnc(-c2cnc3cnc(C(F)F)cn23)n1.CC1C(C(N)=O)CCCN1c1ccnc(-c2cnc3cnc(C(F)F)cn23)n1.CC1CC(C(N)=O)CN(c2ccnc(-c3cnc4cnc(C(F)F)cn34)n2)C1.CC1CCC(C(N)=O)CN1c1ccnc(-c2cnc3cnc(C(F)F)cn23)n1.CC1CCN(c2ccnc(-c3cnc4cnc(C(F)F)cn34)n2)CC1C(N)=O. The number of nitrogens with zero attached hydrogens (tertiary/aromatic N) is 30. The number of halogens is 10. The van der Waals surface area contributed by atoms with Gasteiger partial charge in [-0.2, -0.15) is 0 Å². The summed E-state index contributed by atoms with van der Waals surface area (Å²) in [4.78, 5) is 152. The standard InChI is InChI=1S/4C18H19F2N7O.C18H18F2N6O2/c1-10-3-5-26(8-11(10)17(21)28)14-2-4-22-18(25-14)13-6-24-15-7-23-12(16(19)20)9-27(13)15;1-10-4-11(17(21)28)8-26(7-10)14-2-3-22-18(25-14)13-5-24-15-6-23-12(16(19)20)9-27(13)15;1-10-2-3-11(17(21)28)8-26(10)14-4-5-22-18(25-14)13-6-24-15-7-23-12(16(19)20)9-27(13)15;1-10-11(17(21)28)3-2-6-26(10)14-4-5-22-18(25-14)13-7-24-15-8-23-12(16(19)20)9-27(13)15;1-10-11(18(27)28)3-2-6-25(10)14-4-5-21-17(24-14)13-7-23-15-8-22-12(16(19)20)9-26(13)15/h2,4,6-7,9-11,16H,3,5,8H2,1H3,(H2,21,28);2-3,5-6,9-11,16H,4,7-8H2,1H3,(H2,21,28);4-7,9-11,16H,2-3,8H2,1H3,(H2,21,28);4-5,7-11,16H,2-3,6H2,1H3,(H2,21,28);4-5,7-11,16H,2-3,6H2,1H3,(H,27,28). The second-order valence-electron chi connectivity index (χ2n) is 34.5. The van der Waals surface area contributed by atoms with Crippen molar-refractivity contribution in [2.24, 2.45) is 64.4 Å². The Morgan fingerprint density at radius 1 is 0.329 bits per heavy atom. The number of alkyl halides is 10. The van der Waals surface area contributed by atoms with Gasteiger partial charge in [-0.15, -0.1) is 0 Å². The van der Waals surface area contributed by atoms with Crippen LogP contribution in [0.15, 0.2) is 154 Å². The summed E-state index contributed by atoms with van der Waals surface area (Å²) in [5.41, 5.74) is 24.8. The number of aliphatic carboxylic acids is 1. The molecule has 5 fully saturated rings. The van der Waals surface area contributed by atoms with Crippen LogP contribution in [0.5, 0.6) is 0 Å². The molecule has 15 aromatic heterocycles. The lowest BCUT2D eigenvalue weighted by Crippen LogP contribution is -2.48. The van der Waals surface area contributed by atoms with Gasteiger partial charge in [0.2, 0.25) is 23.6 Å². The predicted molar refractivity (Wildman–Crippen MR) is 487 cm³/mol. The number of carbonyl (C=O) groups is 5. The minimum atomic E-state index is -2.70. The van der Waals surface area contributed by atoms with Crippen LogP contribution < -0.4 is 47.4 Å². The van der Waals surface area contributed by atoms with Crippen LogP contribution in [0, 0.1) is 41.4 Å². The largest absolute Gasteiger partial charge is 0.481 e. The van der Waals surface area contributed by atoms with Crippen molar-refractivity contribution in [3.05, 3.63) is 183 Å². The monoisotopic (exact) mass is 1940 g/mol. The van der Waals surface area contributed by atoms with Gasteiger partial charge in [-0.1, -0.05) is 13.8 Å². The van der Waals surface area contributed by atoms with E-state index in [0.717, 1.165) is 64.6 Å². The van der Waals surface area contributed by atoms with E-state index in [0.29, 0.717) is 153 Å². The molecule has 5 aliphatic heterocycles. The molecule has 15 aromatic rings. The first-order valence-corrected chi connectivity index (χ1v) is 44.6. The van der Waals surface area contributed by atoms with Crippen LogP contribution in [-0.2, 0) is 24.0 Å².